The van der Waals surface area contributed by atoms with Gasteiger partial charge in [0.2, 0.25) is 9.84 Å². The lowest BCUT2D eigenvalue weighted by molar-refractivity contribution is -0.231. The Hall–Kier alpha value is -2.40. The highest BCUT2D eigenvalue weighted by atomic mass is 32.2. The highest BCUT2D eigenvalue weighted by Gasteiger charge is 2.44. The molecule has 1 fully saturated rings. The van der Waals surface area contributed by atoms with E-state index in [0.717, 1.165) is 5.56 Å². The van der Waals surface area contributed by atoms with Crippen LogP contribution in [-0.2, 0) is 21.0 Å². The predicted octanol–water partition coefficient (Wildman–Crippen LogP) is 1.54. The molecular weight excluding hydrogens is 451 g/mol. The number of benzene rings is 2. The van der Waals surface area contributed by atoms with Crippen LogP contribution in [0, 0.1) is 12.7 Å². The first kappa shape index (κ1) is 23.7. The minimum absolute atomic E-state index is 0.0840. The Kier molecular flexibility index (Phi) is 6.54. The molecule has 2 aromatic rings. The third-order valence-corrected chi connectivity index (χ3v) is 8.06. The standard InChI is InChI=1S/C24H25FO7S/c1-13-2-3-15(24-23(29)22(28)21(27)19(12-26)32-24)10-16(13)11-18-8-9-20(33(18,30)31)14-4-6-17(25)7-5-14/h2-10,19,21-24,26-29H,11-12H2,1H3/t19-,21-,22+,23-,24+/m1/s1. The van der Waals surface area contributed by atoms with Crippen molar-refractivity contribution in [1.82, 2.24) is 0 Å². The van der Waals surface area contributed by atoms with Gasteiger partial charge in [0.05, 0.1) is 16.4 Å². The van der Waals surface area contributed by atoms with Crippen LogP contribution in [-0.4, -0.2) is 59.9 Å². The van der Waals surface area contributed by atoms with Crippen molar-refractivity contribution in [3.05, 3.63) is 87.6 Å². The van der Waals surface area contributed by atoms with Gasteiger partial charge in [-0.1, -0.05) is 30.3 Å². The molecule has 0 bridgehead atoms. The third-order valence-electron chi connectivity index (χ3n) is 6.14. The molecule has 176 valence electrons. The van der Waals surface area contributed by atoms with Gasteiger partial charge in [0, 0.05) is 6.42 Å². The van der Waals surface area contributed by atoms with E-state index >= 15 is 0 Å². The number of rotatable bonds is 5. The van der Waals surface area contributed by atoms with E-state index in [9.17, 15) is 33.2 Å². The number of halogens is 1. The van der Waals surface area contributed by atoms with Crippen LogP contribution in [0.1, 0.15) is 28.4 Å². The smallest absolute Gasteiger partial charge is 0.203 e. The van der Waals surface area contributed by atoms with E-state index in [2.05, 4.69) is 0 Å². The summed E-state index contributed by atoms with van der Waals surface area (Å²) < 4.78 is 45.1. The molecule has 0 aliphatic carbocycles. The monoisotopic (exact) mass is 476 g/mol. The van der Waals surface area contributed by atoms with Crippen LogP contribution in [0.3, 0.4) is 0 Å². The quantitative estimate of drug-likeness (QED) is 0.516. The lowest BCUT2D eigenvalue weighted by Crippen LogP contribution is -2.55. The molecule has 0 radical (unpaired) electrons. The van der Waals surface area contributed by atoms with Crippen LogP contribution in [0.25, 0.3) is 4.91 Å². The largest absolute Gasteiger partial charge is 0.394 e. The number of sulfone groups is 1. The summed E-state index contributed by atoms with van der Waals surface area (Å²) in [7, 11) is -3.77. The van der Waals surface area contributed by atoms with Crippen LogP contribution in [0.2, 0.25) is 0 Å². The molecule has 5 atom stereocenters. The topological polar surface area (TPSA) is 124 Å². The maximum absolute atomic E-state index is 13.2. The van der Waals surface area contributed by atoms with Crippen molar-refractivity contribution in [1.29, 1.82) is 0 Å². The minimum atomic E-state index is -3.77. The van der Waals surface area contributed by atoms with Gasteiger partial charge in [-0.25, -0.2) is 12.8 Å². The van der Waals surface area contributed by atoms with Gasteiger partial charge in [-0.2, -0.15) is 0 Å². The Morgan fingerprint density at radius 1 is 0.970 bits per heavy atom. The highest BCUT2D eigenvalue weighted by molar-refractivity contribution is 8.04. The molecule has 0 amide bonds. The summed E-state index contributed by atoms with van der Waals surface area (Å²) in [6, 6.07) is 10.4. The Morgan fingerprint density at radius 2 is 1.67 bits per heavy atom. The summed E-state index contributed by atoms with van der Waals surface area (Å²) in [5, 5.41) is 40.0. The fourth-order valence-electron chi connectivity index (χ4n) is 4.13. The second-order valence-corrected chi connectivity index (χ2v) is 10.3. The van der Waals surface area contributed by atoms with E-state index in [1.165, 1.54) is 36.4 Å². The molecule has 9 heteroatoms. The maximum Gasteiger partial charge on any atom is 0.203 e. The molecule has 2 aromatic carbocycles. The van der Waals surface area contributed by atoms with Gasteiger partial charge >= 0.3 is 0 Å². The van der Waals surface area contributed by atoms with E-state index in [-0.39, 0.29) is 16.2 Å². The molecule has 0 spiro atoms. The number of aliphatic hydroxyl groups excluding tert-OH is 4. The summed E-state index contributed by atoms with van der Waals surface area (Å²) in [4.78, 5) is 0.274. The van der Waals surface area contributed by atoms with Crippen LogP contribution in [0.15, 0.2) is 59.5 Å². The second-order valence-electron chi connectivity index (χ2n) is 8.29. The average molecular weight is 477 g/mol. The Bertz CT molecular complexity index is 1200. The number of hydrogen-bond acceptors (Lipinski definition) is 7. The zero-order chi connectivity index (χ0) is 23.9. The molecule has 2 aliphatic heterocycles. The summed E-state index contributed by atoms with van der Waals surface area (Å²) in [6.07, 6.45) is -3.36. The van der Waals surface area contributed by atoms with E-state index < -0.39 is 52.8 Å². The van der Waals surface area contributed by atoms with Gasteiger partial charge in [0.15, 0.2) is 0 Å². The van der Waals surface area contributed by atoms with Crippen molar-refractivity contribution in [3.8, 4) is 0 Å². The molecule has 4 N–H and O–H groups in total. The van der Waals surface area contributed by atoms with Gasteiger partial charge in [0.1, 0.15) is 36.3 Å². The Labute approximate surface area is 191 Å². The summed E-state index contributed by atoms with van der Waals surface area (Å²) >= 11 is 0. The van der Waals surface area contributed by atoms with Crippen LogP contribution >= 0.6 is 0 Å². The fraction of sp³-hybridized carbons (Fsp3) is 0.333. The van der Waals surface area contributed by atoms with Crippen molar-refractivity contribution in [2.45, 2.75) is 43.9 Å². The van der Waals surface area contributed by atoms with E-state index in [4.69, 9.17) is 4.74 Å². The van der Waals surface area contributed by atoms with Crippen LogP contribution < -0.4 is 0 Å². The SMILES string of the molecule is Cc1ccc([C@@H]2O[C@H](CO)[C@@H](O)[C@H](O)[C@H]2O)cc1CC1=CC=C(c2ccc(F)cc2)S1(=O)=O. The van der Waals surface area contributed by atoms with Gasteiger partial charge < -0.3 is 25.2 Å². The van der Waals surface area contributed by atoms with Gasteiger partial charge in [0.25, 0.3) is 0 Å². The molecule has 0 unspecified atom stereocenters. The average Bonchev–Trinajstić information content (AvgIpc) is 3.08. The van der Waals surface area contributed by atoms with Gasteiger partial charge in [-0.3, -0.25) is 0 Å². The maximum atomic E-state index is 13.2. The molecule has 1 saturated heterocycles. The summed E-state index contributed by atoms with van der Waals surface area (Å²) in [5.74, 6) is -0.455. The Morgan fingerprint density at radius 3 is 2.33 bits per heavy atom. The van der Waals surface area contributed by atoms with Crippen molar-refractivity contribution in [2.24, 2.45) is 0 Å². The number of aliphatic hydroxyl groups is 4. The molecule has 7 nitrogen and oxygen atoms in total. The number of hydrogen-bond donors (Lipinski definition) is 4. The van der Waals surface area contributed by atoms with E-state index in [1.807, 2.05) is 6.92 Å². The second kappa shape index (κ2) is 9.09. The minimum Gasteiger partial charge on any atom is -0.394 e. The van der Waals surface area contributed by atoms with Crippen molar-refractivity contribution >= 4 is 14.7 Å². The van der Waals surface area contributed by atoms with Crippen LogP contribution in [0.5, 0.6) is 0 Å². The molecule has 4 rings (SSSR count). The lowest BCUT2D eigenvalue weighted by atomic mass is 9.89. The normalized spacial score (nSPS) is 29.0. The van der Waals surface area contributed by atoms with E-state index in [0.29, 0.717) is 16.7 Å². The summed E-state index contributed by atoms with van der Waals surface area (Å²) in [5.41, 5.74) is 2.37. The van der Waals surface area contributed by atoms with Gasteiger partial charge in [-0.15, -0.1) is 0 Å². The van der Waals surface area contributed by atoms with Crippen molar-refractivity contribution < 1.29 is 38.0 Å². The number of ether oxygens (including phenoxy) is 1. The molecular formula is C24H25FO7S. The first-order valence-corrected chi connectivity index (χ1v) is 11.9. The first-order valence-electron chi connectivity index (χ1n) is 10.5. The molecule has 33 heavy (non-hydrogen) atoms. The van der Waals surface area contributed by atoms with Gasteiger partial charge in [-0.05, 0) is 53.5 Å². The lowest BCUT2D eigenvalue weighted by Gasteiger charge is -2.40. The molecule has 2 heterocycles. The number of allylic oxidation sites excluding steroid dienone is 3. The first-order chi connectivity index (χ1) is 15.6. The van der Waals surface area contributed by atoms with Crippen molar-refractivity contribution in [3.63, 3.8) is 0 Å². The van der Waals surface area contributed by atoms with Crippen LogP contribution in [0.4, 0.5) is 4.39 Å². The third kappa shape index (κ3) is 4.40. The number of aryl methyl sites for hydroxylation is 1. The Balaban J connectivity index is 1.59. The molecule has 2 aliphatic rings. The zero-order valence-electron chi connectivity index (χ0n) is 17.8. The summed E-state index contributed by atoms with van der Waals surface area (Å²) in [6.45, 7) is 1.28. The van der Waals surface area contributed by atoms with E-state index in [1.54, 1.807) is 18.2 Å². The molecule has 0 saturated carbocycles. The highest BCUT2D eigenvalue weighted by Crippen LogP contribution is 2.37. The van der Waals surface area contributed by atoms with Crippen molar-refractivity contribution in [2.75, 3.05) is 6.61 Å². The zero-order valence-corrected chi connectivity index (χ0v) is 18.6. The predicted molar refractivity (Wildman–Crippen MR) is 119 cm³/mol. The fourth-order valence-corrected chi connectivity index (χ4v) is 5.70. The molecule has 0 aromatic heterocycles.